The van der Waals surface area contributed by atoms with E-state index in [-0.39, 0.29) is 17.8 Å². The van der Waals surface area contributed by atoms with Crippen LogP contribution < -0.4 is 9.47 Å². The predicted octanol–water partition coefficient (Wildman–Crippen LogP) is 2.13. The summed E-state index contributed by atoms with van der Waals surface area (Å²) in [7, 11) is 4.56. The van der Waals surface area contributed by atoms with Crippen LogP contribution in [-0.2, 0) is 14.3 Å². The van der Waals surface area contributed by atoms with Crippen molar-refractivity contribution in [2.45, 2.75) is 12.8 Å². The van der Waals surface area contributed by atoms with Crippen molar-refractivity contribution in [2.24, 2.45) is 5.92 Å². The molecule has 1 aromatic carbocycles. The summed E-state index contributed by atoms with van der Waals surface area (Å²) >= 11 is 0. The fraction of sp³-hybridized carbons (Fsp3) is 0.444. The molecule has 6 nitrogen and oxygen atoms in total. The van der Waals surface area contributed by atoms with Crippen molar-refractivity contribution in [1.82, 2.24) is 4.90 Å². The maximum Gasteiger partial charge on any atom is 0.308 e. The first-order valence-corrected chi connectivity index (χ1v) is 7.86. The Bertz CT molecular complexity index is 618. The first kappa shape index (κ1) is 17.8. The zero-order valence-electron chi connectivity index (χ0n) is 14.3. The van der Waals surface area contributed by atoms with Crippen LogP contribution in [0.3, 0.4) is 0 Å². The number of hydrogen-bond donors (Lipinski definition) is 0. The molecule has 24 heavy (non-hydrogen) atoms. The van der Waals surface area contributed by atoms with Crippen LogP contribution in [0.2, 0.25) is 0 Å². The van der Waals surface area contributed by atoms with Gasteiger partial charge in [-0.3, -0.25) is 9.59 Å². The molecule has 130 valence electrons. The fourth-order valence-electron chi connectivity index (χ4n) is 2.74. The molecule has 1 aromatic rings. The number of methoxy groups -OCH3 is 3. The number of nitrogens with zero attached hydrogens (tertiary/aromatic N) is 1. The Kier molecular flexibility index (Phi) is 6.23. The molecule has 0 aromatic heterocycles. The molecule has 6 heteroatoms. The van der Waals surface area contributed by atoms with Gasteiger partial charge >= 0.3 is 5.97 Å². The first-order chi connectivity index (χ1) is 11.6. The molecule has 0 atom stereocenters. The SMILES string of the molecule is COC(=O)C1CCN(C(=O)/C=C/c2cc(OC)ccc2OC)CC1. The standard InChI is InChI=1S/C18H23NO5/c1-22-15-5-6-16(23-2)14(12-15)4-7-17(20)19-10-8-13(9-11-19)18(21)24-3/h4-7,12-13H,8-11H2,1-3H3/b7-4+. The number of piperidine rings is 1. The quantitative estimate of drug-likeness (QED) is 0.610. The maximum absolute atomic E-state index is 12.3. The van der Waals surface area contributed by atoms with Gasteiger partial charge in [0.05, 0.1) is 27.2 Å². The molecule has 0 N–H and O–H groups in total. The molecule has 0 saturated carbocycles. The highest BCUT2D eigenvalue weighted by Gasteiger charge is 2.26. The van der Waals surface area contributed by atoms with Gasteiger partial charge in [-0.1, -0.05) is 0 Å². The molecule has 1 fully saturated rings. The van der Waals surface area contributed by atoms with Crippen molar-refractivity contribution >= 4 is 18.0 Å². The van der Waals surface area contributed by atoms with Gasteiger partial charge in [-0.2, -0.15) is 0 Å². The Hall–Kier alpha value is -2.50. The number of carbonyl (C=O) groups excluding carboxylic acids is 2. The van der Waals surface area contributed by atoms with Crippen LogP contribution in [0, 0.1) is 5.92 Å². The lowest BCUT2D eigenvalue weighted by Crippen LogP contribution is -2.39. The third kappa shape index (κ3) is 4.28. The van der Waals surface area contributed by atoms with Crippen molar-refractivity contribution < 1.29 is 23.8 Å². The average Bonchev–Trinajstić information content (AvgIpc) is 2.65. The number of benzene rings is 1. The Morgan fingerprint density at radius 2 is 1.83 bits per heavy atom. The normalized spacial score (nSPS) is 15.4. The van der Waals surface area contributed by atoms with Gasteiger partial charge in [0.2, 0.25) is 5.91 Å². The Balaban J connectivity index is 2.00. The number of hydrogen-bond acceptors (Lipinski definition) is 5. The highest BCUT2D eigenvalue weighted by Crippen LogP contribution is 2.25. The molecule has 0 spiro atoms. The summed E-state index contributed by atoms with van der Waals surface area (Å²) in [5.74, 6) is 0.981. The van der Waals surface area contributed by atoms with Crippen LogP contribution in [0.15, 0.2) is 24.3 Å². The monoisotopic (exact) mass is 333 g/mol. The molecular weight excluding hydrogens is 310 g/mol. The van der Waals surface area contributed by atoms with Gasteiger partial charge in [-0.25, -0.2) is 0 Å². The molecular formula is C18H23NO5. The fourth-order valence-corrected chi connectivity index (χ4v) is 2.74. The van der Waals surface area contributed by atoms with Gasteiger partial charge in [0.1, 0.15) is 11.5 Å². The number of rotatable bonds is 5. The zero-order valence-corrected chi connectivity index (χ0v) is 14.3. The van der Waals surface area contributed by atoms with Gasteiger partial charge in [-0.05, 0) is 37.1 Å². The summed E-state index contributed by atoms with van der Waals surface area (Å²) < 4.78 is 15.2. The van der Waals surface area contributed by atoms with Crippen LogP contribution in [0.25, 0.3) is 6.08 Å². The van der Waals surface area contributed by atoms with Crippen molar-refractivity contribution in [3.05, 3.63) is 29.8 Å². The van der Waals surface area contributed by atoms with E-state index in [1.807, 2.05) is 6.07 Å². The molecule has 0 aliphatic carbocycles. The average molecular weight is 333 g/mol. The Morgan fingerprint density at radius 3 is 2.42 bits per heavy atom. The van der Waals surface area contributed by atoms with E-state index in [1.54, 1.807) is 37.3 Å². The van der Waals surface area contributed by atoms with E-state index < -0.39 is 0 Å². The van der Waals surface area contributed by atoms with E-state index in [0.717, 1.165) is 5.56 Å². The van der Waals surface area contributed by atoms with Crippen LogP contribution in [0.4, 0.5) is 0 Å². The second-order valence-electron chi connectivity index (χ2n) is 5.56. The van der Waals surface area contributed by atoms with Crippen LogP contribution >= 0.6 is 0 Å². The molecule has 1 saturated heterocycles. The molecule has 1 amide bonds. The lowest BCUT2D eigenvalue weighted by molar-refractivity contribution is -0.148. The molecule has 0 radical (unpaired) electrons. The number of ether oxygens (including phenoxy) is 3. The minimum Gasteiger partial charge on any atom is -0.497 e. The Morgan fingerprint density at radius 1 is 1.12 bits per heavy atom. The van der Waals surface area contributed by atoms with Gasteiger partial charge < -0.3 is 19.1 Å². The molecule has 1 aliphatic rings. The summed E-state index contributed by atoms with van der Waals surface area (Å²) in [6.45, 7) is 1.11. The molecule has 2 rings (SSSR count). The van der Waals surface area contributed by atoms with Crippen molar-refractivity contribution in [1.29, 1.82) is 0 Å². The summed E-state index contributed by atoms with van der Waals surface area (Å²) in [5, 5.41) is 0. The van der Waals surface area contributed by atoms with Crippen LogP contribution in [0.1, 0.15) is 18.4 Å². The summed E-state index contributed by atoms with van der Waals surface area (Å²) in [5.41, 5.74) is 0.773. The van der Waals surface area contributed by atoms with E-state index in [1.165, 1.54) is 13.2 Å². The van der Waals surface area contributed by atoms with Crippen molar-refractivity contribution in [2.75, 3.05) is 34.4 Å². The second kappa shape index (κ2) is 8.38. The van der Waals surface area contributed by atoms with Crippen molar-refractivity contribution in [3.63, 3.8) is 0 Å². The van der Waals surface area contributed by atoms with Gasteiger partial charge in [0.15, 0.2) is 0 Å². The van der Waals surface area contributed by atoms with Crippen LogP contribution in [-0.4, -0.2) is 51.2 Å². The topological polar surface area (TPSA) is 65.1 Å². The molecule has 0 unspecified atom stereocenters. The number of carbonyl (C=O) groups is 2. The highest BCUT2D eigenvalue weighted by atomic mass is 16.5. The maximum atomic E-state index is 12.3. The summed E-state index contributed by atoms with van der Waals surface area (Å²) in [6, 6.07) is 5.41. The lowest BCUT2D eigenvalue weighted by atomic mass is 9.97. The van der Waals surface area contributed by atoms with Gasteiger partial charge in [-0.15, -0.1) is 0 Å². The van der Waals surface area contributed by atoms with E-state index in [9.17, 15) is 9.59 Å². The third-order valence-electron chi connectivity index (χ3n) is 4.18. The van der Waals surface area contributed by atoms with Gasteiger partial charge in [0.25, 0.3) is 0 Å². The number of amides is 1. The third-order valence-corrected chi connectivity index (χ3v) is 4.18. The Labute approximate surface area is 142 Å². The lowest BCUT2D eigenvalue weighted by Gasteiger charge is -2.29. The molecule has 1 aliphatic heterocycles. The smallest absolute Gasteiger partial charge is 0.308 e. The molecule has 0 bridgehead atoms. The summed E-state index contributed by atoms with van der Waals surface area (Å²) in [4.78, 5) is 25.6. The molecule has 1 heterocycles. The van der Waals surface area contributed by atoms with E-state index in [2.05, 4.69) is 0 Å². The number of esters is 1. The van der Waals surface area contributed by atoms with Crippen LogP contribution in [0.5, 0.6) is 11.5 Å². The van der Waals surface area contributed by atoms with Crippen molar-refractivity contribution in [3.8, 4) is 11.5 Å². The minimum absolute atomic E-state index is 0.0804. The number of likely N-dealkylation sites (tertiary alicyclic amines) is 1. The highest BCUT2D eigenvalue weighted by molar-refractivity contribution is 5.92. The largest absolute Gasteiger partial charge is 0.497 e. The van der Waals surface area contributed by atoms with E-state index in [4.69, 9.17) is 14.2 Å². The second-order valence-corrected chi connectivity index (χ2v) is 5.56. The summed E-state index contributed by atoms with van der Waals surface area (Å²) in [6.07, 6.45) is 4.51. The zero-order chi connectivity index (χ0) is 17.5. The van der Waals surface area contributed by atoms with E-state index >= 15 is 0 Å². The predicted molar refractivity (Wildman–Crippen MR) is 89.9 cm³/mol. The van der Waals surface area contributed by atoms with Gasteiger partial charge in [0, 0.05) is 24.7 Å². The minimum atomic E-state index is -0.196. The first-order valence-electron chi connectivity index (χ1n) is 7.86. The van der Waals surface area contributed by atoms with E-state index in [0.29, 0.717) is 37.4 Å².